The van der Waals surface area contributed by atoms with Gasteiger partial charge < -0.3 is 10.2 Å². The van der Waals surface area contributed by atoms with Crippen molar-refractivity contribution in [3.63, 3.8) is 0 Å². The van der Waals surface area contributed by atoms with Crippen LogP contribution in [0.1, 0.15) is 68.3 Å². The van der Waals surface area contributed by atoms with E-state index in [1.807, 2.05) is 0 Å². The minimum absolute atomic E-state index is 0.0305. The monoisotopic (exact) mass is 595 g/mol. The molecule has 8 nitrogen and oxygen atoms in total. The molecule has 0 aliphatic heterocycles. The first-order valence-corrected chi connectivity index (χ1v) is 15.6. The van der Waals surface area contributed by atoms with Gasteiger partial charge in [0.2, 0.25) is 21.8 Å². The van der Waals surface area contributed by atoms with Crippen LogP contribution >= 0.6 is 23.2 Å². The Morgan fingerprint density at radius 3 is 2.21 bits per heavy atom. The largest absolute Gasteiger partial charge is 0.352 e. The van der Waals surface area contributed by atoms with Crippen LogP contribution in [0.3, 0.4) is 0 Å². The molecule has 0 radical (unpaired) electrons. The number of amides is 2. The highest BCUT2D eigenvalue weighted by molar-refractivity contribution is 7.92. The van der Waals surface area contributed by atoms with Crippen molar-refractivity contribution in [2.45, 2.75) is 71.0 Å². The van der Waals surface area contributed by atoms with Gasteiger partial charge >= 0.3 is 0 Å². The number of ketones is 1. The van der Waals surface area contributed by atoms with Crippen LogP contribution in [-0.4, -0.2) is 55.8 Å². The fourth-order valence-electron chi connectivity index (χ4n) is 4.81. The molecule has 2 aromatic rings. The third-order valence-corrected chi connectivity index (χ3v) is 8.80. The third kappa shape index (κ3) is 8.19. The van der Waals surface area contributed by atoms with Crippen molar-refractivity contribution in [3.8, 4) is 0 Å². The zero-order valence-corrected chi connectivity index (χ0v) is 24.8. The first-order chi connectivity index (χ1) is 18.4. The van der Waals surface area contributed by atoms with Gasteiger partial charge in [-0.3, -0.25) is 18.7 Å². The first-order valence-electron chi connectivity index (χ1n) is 13.0. The Morgan fingerprint density at radius 2 is 1.64 bits per heavy atom. The second-order valence-corrected chi connectivity index (χ2v) is 12.6. The standard InChI is InChI=1S/C28H35Cl2N3O5S/c1-4-26(28(36)31-21-11-6-5-7-12-21)32(17-23-24(29)14-9-15-25(23)30)27(35)18-33(39(3,37)38)22-13-8-10-20(16-22)19(2)34/h8-10,13-16,21,26H,4-7,11-12,17-18H2,1-3H3,(H,31,36). The van der Waals surface area contributed by atoms with Gasteiger partial charge in [-0.1, -0.05) is 67.6 Å². The number of hydrogen-bond donors (Lipinski definition) is 1. The van der Waals surface area contributed by atoms with Crippen molar-refractivity contribution in [2.75, 3.05) is 17.1 Å². The second-order valence-electron chi connectivity index (χ2n) is 9.87. The van der Waals surface area contributed by atoms with Gasteiger partial charge in [0, 0.05) is 33.8 Å². The van der Waals surface area contributed by atoms with Gasteiger partial charge in [-0.2, -0.15) is 0 Å². The average molecular weight is 597 g/mol. The fraction of sp³-hybridized carbons (Fsp3) is 0.464. The summed E-state index contributed by atoms with van der Waals surface area (Å²) in [6.45, 7) is 2.51. The zero-order valence-electron chi connectivity index (χ0n) is 22.5. The molecule has 1 fully saturated rings. The molecule has 1 atom stereocenters. The second kappa shape index (κ2) is 13.6. The highest BCUT2D eigenvalue weighted by Gasteiger charge is 2.33. The Kier molecular flexibility index (Phi) is 10.8. The summed E-state index contributed by atoms with van der Waals surface area (Å²) in [5.41, 5.74) is 0.947. The van der Waals surface area contributed by atoms with E-state index in [4.69, 9.17) is 23.2 Å². The van der Waals surface area contributed by atoms with E-state index >= 15 is 0 Å². The number of sulfonamides is 1. The van der Waals surface area contributed by atoms with Crippen molar-refractivity contribution in [1.82, 2.24) is 10.2 Å². The summed E-state index contributed by atoms with van der Waals surface area (Å²) in [6.07, 6.45) is 6.23. The van der Waals surface area contributed by atoms with Crippen LogP contribution in [-0.2, 0) is 26.2 Å². The van der Waals surface area contributed by atoms with Crippen molar-refractivity contribution in [1.29, 1.82) is 0 Å². The van der Waals surface area contributed by atoms with E-state index in [9.17, 15) is 22.8 Å². The maximum Gasteiger partial charge on any atom is 0.244 e. The number of nitrogens with zero attached hydrogens (tertiary/aromatic N) is 2. The average Bonchev–Trinajstić information content (AvgIpc) is 2.88. The summed E-state index contributed by atoms with van der Waals surface area (Å²) in [5, 5.41) is 3.75. The molecule has 2 aromatic carbocycles. The molecule has 1 N–H and O–H groups in total. The van der Waals surface area contributed by atoms with Crippen molar-refractivity contribution in [3.05, 3.63) is 63.6 Å². The van der Waals surface area contributed by atoms with Gasteiger partial charge in [0.05, 0.1) is 11.9 Å². The number of hydrogen-bond acceptors (Lipinski definition) is 5. The lowest BCUT2D eigenvalue weighted by Crippen LogP contribution is -2.54. The summed E-state index contributed by atoms with van der Waals surface area (Å²) < 4.78 is 26.6. The lowest BCUT2D eigenvalue weighted by molar-refractivity contribution is -0.140. The molecular formula is C28H35Cl2N3O5S. The predicted octanol–water partition coefficient (Wildman–Crippen LogP) is 5.22. The molecule has 11 heteroatoms. The van der Waals surface area contributed by atoms with E-state index in [2.05, 4.69) is 5.32 Å². The molecule has 39 heavy (non-hydrogen) atoms. The number of nitrogens with one attached hydrogen (secondary N) is 1. The molecule has 1 aliphatic rings. The molecule has 2 amide bonds. The molecule has 0 saturated heterocycles. The lowest BCUT2D eigenvalue weighted by Gasteiger charge is -2.34. The number of carbonyl (C=O) groups is 3. The normalized spacial score (nSPS) is 14.9. The van der Waals surface area contributed by atoms with E-state index in [-0.39, 0.29) is 30.0 Å². The molecule has 1 saturated carbocycles. The van der Waals surface area contributed by atoms with E-state index in [0.717, 1.165) is 42.7 Å². The summed E-state index contributed by atoms with van der Waals surface area (Å²) >= 11 is 12.8. The molecule has 0 aromatic heterocycles. The highest BCUT2D eigenvalue weighted by atomic mass is 35.5. The Balaban J connectivity index is 1.98. The molecule has 0 bridgehead atoms. The maximum atomic E-state index is 13.9. The maximum absolute atomic E-state index is 13.9. The van der Waals surface area contributed by atoms with Gasteiger partial charge in [0.1, 0.15) is 12.6 Å². The van der Waals surface area contributed by atoms with Crippen molar-refractivity contribution < 1.29 is 22.8 Å². The van der Waals surface area contributed by atoms with Crippen molar-refractivity contribution in [2.24, 2.45) is 0 Å². The van der Waals surface area contributed by atoms with Crippen LogP contribution in [0.5, 0.6) is 0 Å². The Hall–Kier alpha value is -2.62. The molecule has 3 rings (SSSR count). The lowest BCUT2D eigenvalue weighted by atomic mass is 9.95. The van der Waals surface area contributed by atoms with Crippen LogP contribution in [0.4, 0.5) is 5.69 Å². The predicted molar refractivity (Wildman–Crippen MR) is 155 cm³/mol. The van der Waals surface area contributed by atoms with E-state index in [1.165, 1.54) is 24.0 Å². The summed E-state index contributed by atoms with van der Waals surface area (Å²) in [4.78, 5) is 40.7. The van der Waals surface area contributed by atoms with E-state index in [1.54, 1.807) is 37.3 Å². The molecule has 212 valence electrons. The minimum atomic E-state index is -3.93. The van der Waals surface area contributed by atoms with Gasteiger partial charge in [-0.25, -0.2) is 8.42 Å². The number of benzene rings is 2. The first kappa shape index (κ1) is 30.9. The quantitative estimate of drug-likeness (QED) is 0.359. The topological polar surface area (TPSA) is 104 Å². The minimum Gasteiger partial charge on any atom is -0.352 e. The van der Waals surface area contributed by atoms with E-state index < -0.39 is 28.5 Å². The molecule has 0 heterocycles. The number of rotatable bonds is 11. The Morgan fingerprint density at radius 1 is 1.03 bits per heavy atom. The molecule has 1 aliphatic carbocycles. The third-order valence-electron chi connectivity index (χ3n) is 6.95. The zero-order chi connectivity index (χ0) is 28.7. The number of carbonyl (C=O) groups excluding carboxylic acids is 3. The number of halogens is 2. The summed E-state index contributed by atoms with van der Waals surface area (Å²) in [5.74, 6) is -1.14. The van der Waals surface area contributed by atoms with E-state index in [0.29, 0.717) is 27.6 Å². The molecule has 0 spiro atoms. The van der Waals surface area contributed by atoms with Gasteiger partial charge in [-0.15, -0.1) is 0 Å². The number of Topliss-reactive ketones (excluding diaryl/α,β-unsaturated/α-hetero) is 1. The highest BCUT2D eigenvalue weighted by Crippen LogP contribution is 2.28. The summed E-state index contributed by atoms with van der Waals surface area (Å²) in [6, 6.07) is 10.2. The van der Waals surface area contributed by atoms with Crippen LogP contribution in [0.15, 0.2) is 42.5 Å². The van der Waals surface area contributed by atoms with Gasteiger partial charge in [-0.05, 0) is 50.5 Å². The number of anilines is 1. The van der Waals surface area contributed by atoms with Crippen LogP contribution < -0.4 is 9.62 Å². The van der Waals surface area contributed by atoms with Gasteiger partial charge in [0.25, 0.3) is 0 Å². The van der Waals surface area contributed by atoms with Crippen LogP contribution in [0, 0.1) is 0 Å². The summed E-state index contributed by atoms with van der Waals surface area (Å²) in [7, 11) is -3.93. The Bertz CT molecular complexity index is 1290. The van der Waals surface area contributed by atoms with Gasteiger partial charge in [0.15, 0.2) is 5.78 Å². The van der Waals surface area contributed by atoms with Crippen LogP contribution in [0.2, 0.25) is 10.0 Å². The van der Waals surface area contributed by atoms with Crippen molar-refractivity contribution >= 4 is 56.5 Å². The SMILES string of the molecule is CCC(C(=O)NC1CCCCC1)N(Cc1c(Cl)cccc1Cl)C(=O)CN(c1cccc(C(C)=O)c1)S(C)(=O)=O. The molecular weight excluding hydrogens is 561 g/mol. The fourth-order valence-corrected chi connectivity index (χ4v) is 6.17. The molecule has 1 unspecified atom stereocenters. The smallest absolute Gasteiger partial charge is 0.244 e. The van der Waals surface area contributed by atoms with Crippen LogP contribution in [0.25, 0.3) is 0 Å². The Labute approximate surface area is 240 Å².